The maximum absolute atomic E-state index is 12.8. The Labute approximate surface area is 109 Å². The molecule has 0 radical (unpaired) electrons. The Morgan fingerprint density at radius 3 is 2.72 bits per heavy atom. The highest BCUT2D eigenvalue weighted by Crippen LogP contribution is 2.22. The van der Waals surface area contributed by atoms with Gasteiger partial charge in [-0.2, -0.15) is 0 Å². The minimum Gasteiger partial charge on any atom is -0.384 e. The third kappa shape index (κ3) is 3.45. The van der Waals surface area contributed by atoms with Crippen LogP contribution >= 0.6 is 0 Å². The Balaban J connectivity index is 1.76. The molecule has 100 valence electrons. The fourth-order valence-corrected chi connectivity index (χ4v) is 2.65. The van der Waals surface area contributed by atoms with E-state index in [1.54, 1.807) is 12.1 Å². The topological polar surface area (TPSA) is 15.3 Å². The van der Waals surface area contributed by atoms with Crippen LogP contribution in [0.15, 0.2) is 24.3 Å². The number of halogens is 1. The molecule has 0 aromatic heterocycles. The first kappa shape index (κ1) is 13.3. The van der Waals surface area contributed by atoms with Crippen molar-refractivity contribution in [2.75, 3.05) is 25.0 Å². The molecule has 1 aromatic rings. The van der Waals surface area contributed by atoms with Crippen molar-refractivity contribution in [3.63, 3.8) is 0 Å². The average Bonchev–Trinajstić information content (AvgIpc) is 2.37. The van der Waals surface area contributed by atoms with Crippen LogP contribution in [0, 0.1) is 11.7 Å². The lowest BCUT2D eigenvalue weighted by Gasteiger charge is -2.37. The van der Waals surface area contributed by atoms with E-state index in [2.05, 4.69) is 24.1 Å². The number of hydrogen-bond donors (Lipinski definition) is 1. The van der Waals surface area contributed by atoms with Crippen LogP contribution in [0.25, 0.3) is 0 Å². The van der Waals surface area contributed by atoms with Crippen LogP contribution in [0.5, 0.6) is 0 Å². The van der Waals surface area contributed by atoms with Gasteiger partial charge in [-0.05, 0) is 56.5 Å². The summed E-state index contributed by atoms with van der Waals surface area (Å²) in [5, 5.41) is 3.35. The number of likely N-dealkylation sites (tertiary alicyclic amines) is 1. The number of benzene rings is 1. The molecular formula is C15H23FN2. The number of anilines is 1. The van der Waals surface area contributed by atoms with E-state index in [-0.39, 0.29) is 5.82 Å². The molecule has 2 rings (SSSR count). The van der Waals surface area contributed by atoms with Gasteiger partial charge in [0.1, 0.15) is 5.82 Å². The number of piperidine rings is 1. The third-order valence-corrected chi connectivity index (χ3v) is 4.08. The minimum atomic E-state index is -0.181. The van der Waals surface area contributed by atoms with Crippen molar-refractivity contribution < 1.29 is 4.39 Å². The molecular weight excluding hydrogens is 227 g/mol. The Bertz CT molecular complexity index is 363. The van der Waals surface area contributed by atoms with E-state index in [0.29, 0.717) is 6.04 Å². The molecule has 1 N–H and O–H groups in total. The molecule has 0 aliphatic carbocycles. The van der Waals surface area contributed by atoms with Gasteiger partial charge in [0.2, 0.25) is 0 Å². The van der Waals surface area contributed by atoms with Gasteiger partial charge in [-0.3, -0.25) is 4.90 Å². The zero-order chi connectivity index (χ0) is 13.0. The number of nitrogens with zero attached hydrogens (tertiary/aromatic N) is 1. The van der Waals surface area contributed by atoms with Crippen LogP contribution in [0.3, 0.4) is 0 Å². The highest BCUT2D eigenvalue weighted by molar-refractivity contribution is 5.42. The first-order valence-electron chi connectivity index (χ1n) is 6.90. The molecule has 1 heterocycles. The Hall–Kier alpha value is -1.09. The molecule has 0 saturated carbocycles. The minimum absolute atomic E-state index is 0.181. The van der Waals surface area contributed by atoms with E-state index in [0.717, 1.165) is 24.7 Å². The molecule has 0 bridgehead atoms. The lowest BCUT2D eigenvalue weighted by Crippen LogP contribution is -2.44. The van der Waals surface area contributed by atoms with Crippen LogP contribution in [-0.4, -0.2) is 30.6 Å². The van der Waals surface area contributed by atoms with Gasteiger partial charge in [-0.1, -0.05) is 6.92 Å². The summed E-state index contributed by atoms with van der Waals surface area (Å²) >= 11 is 0. The second-order valence-electron chi connectivity index (χ2n) is 5.33. The summed E-state index contributed by atoms with van der Waals surface area (Å²) in [4.78, 5) is 2.55. The second-order valence-corrected chi connectivity index (χ2v) is 5.33. The largest absolute Gasteiger partial charge is 0.384 e. The summed E-state index contributed by atoms with van der Waals surface area (Å²) in [6, 6.07) is 7.24. The molecule has 0 amide bonds. The van der Waals surface area contributed by atoms with Crippen molar-refractivity contribution in [3.05, 3.63) is 30.1 Å². The molecule has 18 heavy (non-hydrogen) atoms. The van der Waals surface area contributed by atoms with Gasteiger partial charge in [0.05, 0.1) is 0 Å². The van der Waals surface area contributed by atoms with Gasteiger partial charge in [-0.15, -0.1) is 0 Å². The fraction of sp³-hybridized carbons (Fsp3) is 0.600. The molecule has 2 atom stereocenters. The van der Waals surface area contributed by atoms with Crippen molar-refractivity contribution in [1.82, 2.24) is 4.90 Å². The molecule has 2 unspecified atom stereocenters. The van der Waals surface area contributed by atoms with E-state index < -0.39 is 0 Å². The first-order valence-corrected chi connectivity index (χ1v) is 6.90. The SMILES string of the molecule is CC1CCCN(CCNc2ccc(F)cc2)C1C. The smallest absolute Gasteiger partial charge is 0.123 e. The van der Waals surface area contributed by atoms with Gasteiger partial charge in [0, 0.05) is 24.8 Å². The van der Waals surface area contributed by atoms with Crippen molar-refractivity contribution in [2.45, 2.75) is 32.7 Å². The summed E-state index contributed by atoms with van der Waals surface area (Å²) in [6.07, 6.45) is 2.66. The van der Waals surface area contributed by atoms with Gasteiger partial charge in [0.15, 0.2) is 0 Å². The fourth-order valence-electron chi connectivity index (χ4n) is 2.65. The van der Waals surface area contributed by atoms with Crippen LogP contribution in [-0.2, 0) is 0 Å². The maximum atomic E-state index is 12.8. The zero-order valence-electron chi connectivity index (χ0n) is 11.3. The molecule has 0 spiro atoms. The molecule has 1 aliphatic rings. The standard InChI is InChI=1S/C15H23FN2/c1-12-4-3-10-18(13(12)2)11-9-17-15-7-5-14(16)6-8-15/h5-8,12-13,17H,3-4,9-11H2,1-2H3. The number of rotatable bonds is 4. The van der Waals surface area contributed by atoms with Crippen molar-refractivity contribution in [1.29, 1.82) is 0 Å². The van der Waals surface area contributed by atoms with Gasteiger partial charge < -0.3 is 5.32 Å². The average molecular weight is 250 g/mol. The Kier molecular flexibility index (Phi) is 4.59. The number of nitrogens with one attached hydrogen (secondary N) is 1. The lowest BCUT2D eigenvalue weighted by atomic mass is 9.92. The van der Waals surface area contributed by atoms with Crippen molar-refractivity contribution >= 4 is 5.69 Å². The molecule has 1 saturated heterocycles. The predicted octanol–water partition coefficient (Wildman–Crippen LogP) is 3.36. The van der Waals surface area contributed by atoms with Crippen molar-refractivity contribution in [3.8, 4) is 0 Å². The molecule has 1 aromatic carbocycles. The van der Waals surface area contributed by atoms with Crippen LogP contribution in [0.2, 0.25) is 0 Å². The molecule has 1 aliphatic heterocycles. The molecule has 1 fully saturated rings. The zero-order valence-corrected chi connectivity index (χ0v) is 11.3. The Morgan fingerprint density at radius 2 is 2.00 bits per heavy atom. The summed E-state index contributed by atoms with van der Waals surface area (Å²) in [5.41, 5.74) is 0.995. The van der Waals surface area contributed by atoms with Gasteiger partial charge in [0.25, 0.3) is 0 Å². The van der Waals surface area contributed by atoms with E-state index in [4.69, 9.17) is 0 Å². The third-order valence-electron chi connectivity index (χ3n) is 4.08. The molecule has 3 heteroatoms. The van der Waals surface area contributed by atoms with Gasteiger partial charge in [-0.25, -0.2) is 4.39 Å². The summed E-state index contributed by atoms with van der Waals surface area (Å²) in [5.74, 6) is 0.614. The number of hydrogen-bond acceptors (Lipinski definition) is 2. The van der Waals surface area contributed by atoms with Crippen LogP contribution < -0.4 is 5.32 Å². The normalized spacial score (nSPS) is 25.1. The second kappa shape index (κ2) is 6.19. The summed E-state index contributed by atoms with van der Waals surface area (Å²) in [6.45, 7) is 7.84. The van der Waals surface area contributed by atoms with E-state index in [9.17, 15) is 4.39 Å². The Morgan fingerprint density at radius 1 is 1.28 bits per heavy atom. The van der Waals surface area contributed by atoms with Gasteiger partial charge >= 0.3 is 0 Å². The van der Waals surface area contributed by atoms with E-state index in [1.165, 1.54) is 31.5 Å². The summed E-state index contributed by atoms with van der Waals surface area (Å²) in [7, 11) is 0. The van der Waals surface area contributed by atoms with Crippen LogP contribution in [0.4, 0.5) is 10.1 Å². The maximum Gasteiger partial charge on any atom is 0.123 e. The van der Waals surface area contributed by atoms with E-state index >= 15 is 0 Å². The lowest BCUT2D eigenvalue weighted by molar-refractivity contribution is 0.119. The predicted molar refractivity (Wildman–Crippen MR) is 74.3 cm³/mol. The monoisotopic (exact) mass is 250 g/mol. The van der Waals surface area contributed by atoms with Crippen LogP contribution in [0.1, 0.15) is 26.7 Å². The highest BCUT2D eigenvalue weighted by Gasteiger charge is 2.23. The van der Waals surface area contributed by atoms with E-state index in [1.807, 2.05) is 0 Å². The summed E-state index contributed by atoms with van der Waals surface area (Å²) < 4.78 is 12.8. The quantitative estimate of drug-likeness (QED) is 0.881. The van der Waals surface area contributed by atoms with Crippen molar-refractivity contribution in [2.24, 2.45) is 5.92 Å². The highest BCUT2D eigenvalue weighted by atomic mass is 19.1. The first-order chi connectivity index (χ1) is 8.66. The molecule has 2 nitrogen and oxygen atoms in total.